The molecule has 0 spiro atoms. The van der Waals surface area contributed by atoms with E-state index >= 15 is 0 Å². The highest BCUT2D eigenvalue weighted by Gasteiger charge is 2.30. The SMILES string of the molecule is COCCN1CN(C(=O)NC(C)Cn2cncn2)CC1=O. The van der Waals surface area contributed by atoms with Gasteiger partial charge in [0.25, 0.3) is 0 Å². The van der Waals surface area contributed by atoms with E-state index in [-0.39, 0.29) is 24.5 Å². The van der Waals surface area contributed by atoms with E-state index in [4.69, 9.17) is 4.74 Å². The lowest BCUT2D eigenvalue weighted by molar-refractivity contribution is -0.127. The minimum atomic E-state index is -0.254. The number of nitrogens with one attached hydrogen (secondary N) is 1. The van der Waals surface area contributed by atoms with Gasteiger partial charge in [0, 0.05) is 19.7 Å². The second-order valence-corrected chi connectivity index (χ2v) is 4.96. The molecule has 1 aliphatic rings. The van der Waals surface area contributed by atoms with Gasteiger partial charge in [-0.25, -0.2) is 9.78 Å². The molecule has 1 N–H and O–H groups in total. The minimum absolute atomic E-state index is 0.0638. The molecule has 0 radical (unpaired) electrons. The second-order valence-electron chi connectivity index (χ2n) is 4.96. The fourth-order valence-electron chi connectivity index (χ4n) is 2.09. The average Bonchev–Trinajstić information content (AvgIpc) is 3.06. The van der Waals surface area contributed by atoms with Gasteiger partial charge in [-0.1, -0.05) is 0 Å². The summed E-state index contributed by atoms with van der Waals surface area (Å²) in [6.45, 7) is 3.76. The van der Waals surface area contributed by atoms with Crippen LogP contribution in [0, 0.1) is 0 Å². The molecule has 0 bridgehead atoms. The molecule has 3 amide bonds. The van der Waals surface area contributed by atoms with Gasteiger partial charge in [0.1, 0.15) is 19.2 Å². The number of aromatic nitrogens is 3. The number of nitrogens with zero attached hydrogens (tertiary/aromatic N) is 5. The van der Waals surface area contributed by atoms with Crippen LogP contribution in [-0.4, -0.2) is 76.0 Å². The van der Waals surface area contributed by atoms with E-state index in [0.717, 1.165) is 0 Å². The maximum Gasteiger partial charge on any atom is 0.319 e. The zero-order valence-electron chi connectivity index (χ0n) is 12.2. The molecule has 2 heterocycles. The van der Waals surface area contributed by atoms with Crippen LogP contribution in [-0.2, 0) is 16.1 Å². The van der Waals surface area contributed by atoms with Crippen molar-refractivity contribution in [1.82, 2.24) is 29.9 Å². The predicted molar refractivity (Wildman–Crippen MR) is 73.2 cm³/mol. The summed E-state index contributed by atoms with van der Waals surface area (Å²) in [6.07, 6.45) is 3.04. The van der Waals surface area contributed by atoms with Gasteiger partial charge in [0.15, 0.2) is 0 Å². The number of rotatable bonds is 6. The third-order valence-corrected chi connectivity index (χ3v) is 3.17. The lowest BCUT2D eigenvalue weighted by atomic mass is 10.3. The molecular formula is C12H20N6O3. The fraction of sp³-hybridized carbons (Fsp3) is 0.667. The molecule has 116 valence electrons. The first-order chi connectivity index (χ1) is 10.1. The van der Waals surface area contributed by atoms with Crippen LogP contribution in [0.4, 0.5) is 4.79 Å². The van der Waals surface area contributed by atoms with Gasteiger partial charge in [0.2, 0.25) is 5.91 Å². The van der Waals surface area contributed by atoms with Crippen molar-refractivity contribution >= 4 is 11.9 Å². The van der Waals surface area contributed by atoms with Crippen molar-refractivity contribution in [2.45, 2.75) is 19.5 Å². The molecule has 1 fully saturated rings. The van der Waals surface area contributed by atoms with Crippen LogP contribution in [0.15, 0.2) is 12.7 Å². The number of hydrogen-bond donors (Lipinski definition) is 1. The van der Waals surface area contributed by atoms with Crippen molar-refractivity contribution in [1.29, 1.82) is 0 Å². The van der Waals surface area contributed by atoms with Gasteiger partial charge in [-0.05, 0) is 6.92 Å². The largest absolute Gasteiger partial charge is 0.383 e. The summed E-state index contributed by atoms with van der Waals surface area (Å²) < 4.78 is 6.59. The Labute approximate surface area is 122 Å². The molecule has 0 saturated carbocycles. The van der Waals surface area contributed by atoms with Crippen LogP contribution in [0.25, 0.3) is 0 Å². The van der Waals surface area contributed by atoms with Gasteiger partial charge in [-0.3, -0.25) is 14.4 Å². The molecule has 0 aliphatic carbocycles. The molecule has 21 heavy (non-hydrogen) atoms. The molecule has 2 rings (SSSR count). The smallest absolute Gasteiger partial charge is 0.319 e. The number of ether oxygens (including phenoxy) is 1. The Morgan fingerprint density at radius 1 is 1.57 bits per heavy atom. The molecule has 1 saturated heterocycles. The molecule has 0 aromatic carbocycles. The minimum Gasteiger partial charge on any atom is -0.383 e. The van der Waals surface area contributed by atoms with Crippen LogP contribution in [0.3, 0.4) is 0 Å². The summed E-state index contributed by atoms with van der Waals surface area (Å²) in [5.74, 6) is -0.0638. The molecule has 1 aromatic rings. The molecule has 9 nitrogen and oxygen atoms in total. The Hall–Kier alpha value is -2.16. The fourth-order valence-corrected chi connectivity index (χ4v) is 2.09. The Balaban J connectivity index is 1.79. The van der Waals surface area contributed by atoms with Crippen molar-refractivity contribution < 1.29 is 14.3 Å². The van der Waals surface area contributed by atoms with Crippen molar-refractivity contribution in [3.05, 3.63) is 12.7 Å². The van der Waals surface area contributed by atoms with E-state index < -0.39 is 0 Å². The van der Waals surface area contributed by atoms with E-state index in [9.17, 15) is 9.59 Å². The summed E-state index contributed by atoms with van der Waals surface area (Å²) in [5.41, 5.74) is 0. The quantitative estimate of drug-likeness (QED) is 0.736. The number of carbonyl (C=O) groups excluding carboxylic acids is 2. The van der Waals surface area contributed by atoms with Crippen LogP contribution in [0.1, 0.15) is 6.92 Å². The van der Waals surface area contributed by atoms with Crippen LogP contribution in [0.2, 0.25) is 0 Å². The standard InChI is InChI=1S/C12H20N6O3/c1-10(5-18-8-13-7-14-18)15-12(20)17-6-11(19)16(9-17)3-4-21-2/h7-8,10H,3-6,9H2,1-2H3,(H,15,20). The van der Waals surface area contributed by atoms with E-state index in [1.807, 2.05) is 6.92 Å². The number of hydrogen-bond acceptors (Lipinski definition) is 5. The van der Waals surface area contributed by atoms with Crippen LogP contribution >= 0.6 is 0 Å². The number of methoxy groups -OCH3 is 1. The van der Waals surface area contributed by atoms with E-state index in [1.165, 1.54) is 11.2 Å². The van der Waals surface area contributed by atoms with Crippen molar-refractivity contribution in [3.63, 3.8) is 0 Å². The Morgan fingerprint density at radius 3 is 3.05 bits per heavy atom. The number of carbonyl (C=O) groups is 2. The molecular weight excluding hydrogens is 276 g/mol. The summed E-state index contributed by atoms with van der Waals surface area (Å²) in [4.78, 5) is 30.8. The molecule has 1 unspecified atom stereocenters. The second kappa shape index (κ2) is 7.02. The van der Waals surface area contributed by atoms with E-state index in [1.54, 1.807) is 23.0 Å². The first kappa shape index (κ1) is 15.2. The number of amides is 3. The van der Waals surface area contributed by atoms with Gasteiger partial charge in [-0.2, -0.15) is 5.10 Å². The summed E-state index contributed by atoms with van der Waals surface area (Å²) in [7, 11) is 1.58. The maximum atomic E-state index is 12.1. The third-order valence-electron chi connectivity index (χ3n) is 3.17. The zero-order valence-corrected chi connectivity index (χ0v) is 12.2. The number of urea groups is 1. The Bertz CT molecular complexity index is 477. The van der Waals surface area contributed by atoms with Gasteiger partial charge < -0.3 is 15.0 Å². The van der Waals surface area contributed by atoms with Gasteiger partial charge in [0.05, 0.1) is 19.8 Å². The van der Waals surface area contributed by atoms with Crippen molar-refractivity contribution in [2.24, 2.45) is 0 Å². The lowest BCUT2D eigenvalue weighted by Gasteiger charge is -2.21. The summed E-state index contributed by atoms with van der Waals surface area (Å²) in [5, 5.41) is 6.83. The van der Waals surface area contributed by atoms with E-state index in [0.29, 0.717) is 26.4 Å². The first-order valence-corrected chi connectivity index (χ1v) is 6.74. The highest BCUT2D eigenvalue weighted by Crippen LogP contribution is 2.07. The van der Waals surface area contributed by atoms with Crippen LogP contribution in [0.5, 0.6) is 0 Å². The highest BCUT2D eigenvalue weighted by molar-refractivity contribution is 5.87. The Kier molecular flexibility index (Phi) is 5.09. The summed E-state index contributed by atoms with van der Waals surface area (Å²) >= 11 is 0. The summed E-state index contributed by atoms with van der Waals surface area (Å²) in [6, 6.07) is -0.363. The highest BCUT2D eigenvalue weighted by atomic mass is 16.5. The average molecular weight is 296 g/mol. The Morgan fingerprint density at radius 2 is 2.38 bits per heavy atom. The monoisotopic (exact) mass is 296 g/mol. The van der Waals surface area contributed by atoms with E-state index in [2.05, 4.69) is 15.4 Å². The van der Waals surface area contributed by atoms with Crippen molar-refractivity contribution in [3.8, 4) is 0 Å². The maximum absolute atomic E-state index is 12.1. The normalized spacial score (nSPS) is 16.4. The van der Waals surface area contributed by atoms with Crippen LogP contribution < -0.4 is 5.32 Å². The molecule has 1 atom stereocenters. The van der Waals surface area contributed by atoms with Crippen molar-refractivity contribution in [2.75, 3.05) is 33.5 Å². The third kappa shape index (κ3) is 4.15. The van der Waals surface area contributed by atoms with Gasteiger partial charge in [-0.15, -0.1) is 0 Å². The van der Waals surface area contributed by atoms with Gasteiger partial charge >= 0.3 is 6.03 Å². The molecule has 1 aliphatic heterocycles. The molecule has 9 heteroatoms. The predicted octanol–water partition coefficient (Wildman–Crippen LogP) is -0.876. The first-order valence-electron chi connectivity index (χ1n) is 6.74. The zero-order chi connectivity index (χ0) is 15.2. The molecule has 1 aromatic heterocycles. The lowest BCUT2D eigenvalue weighted by Crippen LogP contribution is -2.45. The topological polar surface area (TPSA) is 92.6 Å².